The number of aliphatic hydroxyl groups is 1. The summed E-state index contributed by atoms with van der Waals surface area (Å²) in [5.41, 5.74) is 0. The van der Waals surface area contributed by atoms with Crippen LogP contribution in [0.3, 0.4) is 0 Å². The molecule has 0 amide bonds. The normalized spacial score (nSPS) is 25.4. The molecule has 1 aliphatic rings. The fourth-order valence-electron chi connectivity index (χ4n) is 1.69. The van der Waals surface area contributed by atoms with E-state index >= 15 is 0 Å². The molecule has 0 spiro atoms. The molecule has 1 N–H and O–H groups in total. The second-order valence-electron chi connectivity index (χ2n) is 3.99. The summed E-state index contributed by atoms with van der Waals surface area (Å²) in [5.74, 6) is 0. The van der Waals surface area contributed by atoms with Crippen molar-refractivity contribution in [2.24, 2.45) is 0 Å². The van der Waals surface area contributed by atoms with Gasteiger partial charge in [0.25, 0.3) is 0 Å². The molecular formula is C10H21NO2. The second-order valence-corrected chi connectivity index (χ2v) is 3.99. The van der Waals surface area contributed by atoms with Crippen LogP contribution in [0.15, 0.2) is 0 Å². The minimum atomic E-state index is -0.159. The Morgan fingerprint density at radius 2 is 2.38 bits per heavy atom. The van der Waals surface area contributed by atoms with Crippen LogP contribution in [0.5, 0.6) is 0 Å². The van der Waals surface area contributed by atoms with Crippen LogP contribution in [0.1, 0.15) is 26.2 Å². The molecule has 3 nitrogen and oxygen atoms in total. The summed E-state index contributed by atoms with van der Waals surface area (Å²) in [6.45, 7) is 4.70. The maximum absolute atomic E-state index is 9.09. The number of rotatable bonds is 5. The van der Waals surface area contributed by atoms with E-state index in [1.54, 1.807) is 0 Å². The van der Waals surface area contributed by atoms with Crippen molar-refractivity contribution in [2.45, 2.75) is 38.3 Å². The van der Waals surface area contributed by atoms with E-state index in [1.807, 2.05) is 6.92 Å². The van der Waals surface area contributed by atoms with Crippen molar-refractivity contribution >= 4 is 0 Å². The Morgan fingerprint density at radius 1 is 1.62 bits per heavy atom. The zero-order chi connectivity index (χ0) is 9.68. The largest absolute Gasteiger partial charge is 0.393 e. The first-order valence-electron chi connectivity index (χ1n) is 5.16. The van der Waals surface area contributed by atoms with Gasteiger partial charge in [0.1, 0.15) is 0 Å². The molecule has 1 aliphatic heterocycles. The molecule has 0 aromatic carbocycles. The quantitative estimate of drug-likeness (QED) is 0.693. The summed E-state index contributed by atoms with van der Waals surface area (Å²) in [7, 11) is 2.14. The van der Waals surface area contributed by atoms with Gasteiger partial charge in [0.05, 0.1) is 12.7 Å². The van der Waals surface area contributed by atoms with E-state index in [9.17, 15) is 0 Å². The van der Waals surface area contributed by atoms with Gasteiger partial charge < -0.3 is 14.7 Å². The molecule has 3 heteroatoms. The lowest BCUT2D eigenvalue weighted by molar-refractivity contribution is 0.147. The van der Waals surface area contributed by atoms with E-state index in [1.165, 1.54) is 0 Å². The fourth-order valence-corrected chi connectivity index (χ4v) is 1.69. The second kappa shape index (κ2) is 5.58. The molecule has 0 aromatic rings. The molecule has 78 valence electrons. The van der Waals surface area contributed by atoms with Crippen LogP contribution >= 0.6 is 0 Å². The highest BCUT2D eigenvalue weighted by Crippen LogP contribution is 2.11. The Hall–Kier alpha value is -0.120. The van der Waals surface area contributed by atoms with Crippen molar-refractivity contribution in [2.75, 3.05) is 26.8 Å². The number of hydrogen-bond acceptors (Lipinski definition) is 3. The van der Waals surface area contributed by atoms with Crippen molar-refractivity contribution in [3.63, 3.8) is 0 Å². The minimum absolute atomic E-state index is 0.159. The van der Waals surface area contributed by atoms with E-state index in [0.29, 0.717) is 6.04 Å². The van der Waals surface area contributed by atoms with Crippen LogP contribution in [-0.2, 0) is 4.74 Å². The van der Waals surface area contributed by atoms with Crippen LogP contribution in [-0.4, -0.2) is 49.0 Å². The number of hydrogen-bond donors (Lipinski definition) is 1. The van der Waals surface area contributed by atoms with Gasteiger partial charge in [0.2, 0.25) is 0 Å². The van der Waals surface area contributed by atoms with Crippen molar-refractivity contribution in [1.82, 2.24) is 4.90 Å². The maximum Gasteiger partial charge on any atom is 0.0622 e. The predicted octanol–water partition coefficient (Wildman–Crippen LogP) is 0.868. The number of likely N-dealkylation sites (N-methyl/N-ethyl adjacent to an activating group) is 1. The van der Waals surface area contributed by atoms with Gasteiger partial charge in [-0.25, -0.2) is 0 Å². The highest BCUT2D eigenvalue weighted by molar-refractivity contribution is 4.72. The van der Waals surface area contributed by atoms with Crippen LogP contribution in [0, 0.1) is 0 Å². The van der Waals surface area contributed by atoms with E-state index in [2.05, 4.69) is 11.9 Å². The lowest BCUT2D eigenvalue weighted by Gasteiger charge is -2.22. The molecule has 2 unspecified atom stereocenters. The van der Waals surface area contributed by atoms with E-state index in [-0.39, 0.29) is 6.10 Å². The minimum Gasteiger partial charge on any atom is -0.393 e. The first-order valence-corrected chi connectivity index (χ1v) is 5.16. The molecule has 1 fully saturated rings. The average Bonchev–Trinajstić information content (AvgIpc) is 2.55. The van der Waals surface area contributed by atoms with Crippen LogP contribution in [0.25, 0.3) is 0 Å². The zero-order valence-corrected chi connectivity index (χ0v) is 8.70. The maximum atomic E-state index is 9.09. The van der Waals surface area contributed by atoms with Gasteiger partial charge in [-0.15, -0.1) is 0 Å². The van der Waals surface area contributed by atoms with Gasteiger partial charge in [-0.1, -0.05) is 0 Å². The molecule has 0 radical (unpaired) electrons. The SMILES string of the molecule is CC(O)CCCN(C)C1CCOC1. The summed E-state index contributed by atoms with van der Waals surface area (Å²) in [5, 5.41) is 9.09. The van der Waals surface area contributed by atoms with Gasteiger partial charge in [-0.05, 0) is 39.8 Å². The third-order valence-corrected chi connectivity index (χ3v) is 2.66. The molecule has 0 bridgehead atoms. The van der Waals surface area contributed by atoms with Crippen LogP contribution < -0.4 is 0 Å². The van der Waals surface area contributed by atoms with Crippen molar-refractivity contribution in [3.05, 3.63) is 0 Å². The Bertz CT molecular complexity index is 133. The standard InChI is InChI=1S/C10H21NO2/c1-9(12)4-3-6-11(2)10-5-7-13-8-10/h9-10,12H,3-8H2,1-2H3. The zero-order valence-electron chi connectivity index (χ0n) is 8.70. The topological polar surface area (TPSA) is 32.7 Å². The van der Waals surface area contributed by atoms with E-state index in [0.717, 1.165) is 39.0 Å². The molecule has 1 heterocycles. The smallest absolute Gasteiger partial charge is 0.0622 e. The fraction of sp³-hybridized carbons (Fsp3) is 1.00. The molecule has 13 heavy (non-hydrogen) atoms. The molecule has 1 saturated heterocycles. The summed E-state index contributed by atoms with van der Waals surface area (Å²) >= 11 is 0. The van der Waals surface area contributed by atoms with Crippen LogP contribution in [0.4, 0.5) is 0 Å². The molecule has 2 atom stereocenters. The number of ether oxygens (including phenoxy) is 1. The lowest BCUT2D eigenvalue weighted by atomic mass is 10.2. The predicted molar refractivity (Wildman–Crippen MR) is 52.8 cm³/mol. The van der Waals surface area contributed by atoms with Crippen molar-refractivity contribution in [1.29, 1.82) is 0 Å². The number of aliphatic hydroxyl groups excluding tert-OH is 1. The summed E-state index contributed by atoms with van der Waals surface area (Å²) in [4.78, 5) is 2.34. The van der Waals surface area contributed by atoms with Crippen LogP contribution in [0.2, 0.25) is 0 Å². The third-order valence-electron chi connectivity index (χ3n) is 2.66. The average molecular weight is 187 g/mol. The van der Waals surface area contributed by atoms with Gasteiger partial charge >= 0.3 is 0 Å². The lowest BCUT2D eigenvalue weighted by Crippen LogP contribution is -2.32. The Labute approximate surface area is 80.7 Å². The molecule has 0 saturated carbocycles. The summed E-state index contributed by atoms with van der Waals surface area (Å²) in [6.07, 6.45) is 2.97. The first kappa shape index (κ1) is 11.0. The first-order chi connectivity index (χ1) is 6.20. The Balaban J connectivity index is 2.06. The number of nitrogens with zero attached hydrogens (tertiary/aromatic N) is 1. The molecular weight excluding hydrogens is 166 g/mol. The van der Waals surface area contributed by atoms with Crippen molar-refractivity contribution < 1.29 is 9.84 Å². The highest BCUT2D eigenvalue weighted by Gasteiger charge is 2.19. The summed E-state index contributed by atoms with van der Waals surface area (Å²) < 4.78 is 5.31. The highest BCUT2D eigenvalue weighted by atomic mass is 16.5. The Kier molecular flexibility index (Phi) is 4.70. The molecule has 0 aromatic heterocycles. The van der Waals surface area contributed by atoms with Gasteiger partial charge in [-0.2, -0.15) is 0 Å². The Morgan fingerprint density at radius 3 is 2.92 bits per heavy atom. The summed E-state index contributed by atoms with van der Waals surface area (Å²) in [6, 6.07) is 0.606. The third kappa shape index (κ3) is 4.07. The van der Waals surface area contributed by atoms with E-state index in [4.69, 9.17) is 9.84 Å². The van der Waals surface area contributed by atoms with Gasteiger partial charge in [0.15, 0.2) is 0 Å². The monoisotopic (exact) mass is 187 g/mol. The van der Waals surface area contributed by atoms with E-state index < -0.39 is 0 Å². The molecule has 0 aliphatic carbocycles. The van der Waals surface area contributed by atoms with Gasteiger partial charge in [-0.3, -0.25) is 0 Å². The molecule has 1 rings (SSSR count). The van der Waals surface area contributed by atoms with Crippen molar-refractivity contribution in [3.8, 4) is 0 Å². The van der Waals surface area contributed by atoms with Gasteiger partial charge in [0, 0.05) is 12.6 Å².